The van der Waals surface area contributed by atoms with Crippen molar-refractivity contribution in [1.82, 2.24) is 19.9 Å². The lowest BCUT2D eigenvalue weighted by atomic mass is 9.95. The molecule has 0 saturated carbocycles. The van der Waals surface area contributed by atoms with Gasteiger partial charge in [-0.3, -0.25) is 0 Å². The van der Waals surface area contributed by atoms with E-state index >= 15 is 0 Å². The Kier molecular flexibility index (Phi) is 4.88. The van der Waals surface area contributed by atoms with E-state index in [2.05, 4.69) is 54.4 Å². The Labute approximate surface area is 150 Å². The second kappa shape index (κ2) is 6.94. The third kappa shape index (κ3) is 3.72. The van der Waals surface area contributed by atoms with Gasteiger partial charge in [-0.1, -0.05) is 27.7 Å². The molecule has 25 heavy (non-hydrogen) atoms. The zero-order valence-electron chi connectivity index (χ0n) is 16.0. The smallest absolute Gasteiger partial charge is 0.225 e. The van der Waals surface area contributed by atoms with Crippen molar-refractivity contribution in [3.8, 4) is 0 Å². The highest BCUT2D eigenvalue weighted by Gasteiger charge is 2.26. The topological polar surface area (TPSA) is 58.0 Å². The fraction of sp³-hybridized carbons (Fsp3) is 0.579. The second-order valence-corrected chi connectivity index (χ2v) is 7.56. The van der Waals surface area contributed by atoms with E-state index in [4.69, 9.17) is 9.97 Å². The molecule has 0 N–H and O–H groups in total. The van der Waals surface area contributed by atoms with E-state index in [1.807, 2.05) is 6.07 Å². The molecule has 6 nitrogen and oxygen atoms in total. The number of hydrogen-bond acceptors (Lipinski definition) is 6. The molecule has 2 aromatic rings. The molecule has 0 amide bonds. The summed E-state index contributed by atoms with van der Waals surface area (Å²) in [6, 6.07) is 1.85. The molecule has 0 radical (unpaired) electrons. The van der Waals surface area contributed by atoms with Gasteiger partial charge in [-0.05, 0) is 19.4 Å². The van der Waals surface area contributed by atoms with Gasteiger partial charge in [-0.15, -0.1) is 0 Å². The molecule has 1 fully saturated rings. The summed E-state index contributed by atoms with van der Waals surface area (Å²) in [5, 5.41) is 0. The monoisotopic (exact) mass is 340 g/mol. The number of aromatic nitrogens is 4. The van der Waals surface area contributed by atoms with Gasteiger partial charge in [0, 0.05) is 55.2 Å². The summed E-state index contributed by atoms with van der Waals surface area (Å²) in [6.45, 7) is 14.4. The molecule has 0 atom stereocenters. The van der Waals surface area contributed by atoms with Crippen LogP contribution >= 0.6 is 0 Å². The van der Waals surface area contributed by atoms with Crippen LogP contribution in [-0.4, -0.2) is 46.1 Å². The van der Waals surface area contributed by atoms with Gasteiger partial charge < -0.3 is 9.80 Å². The first kappa shape index (κ1) is 17.6. The van der Waals surface area contributed by atoms with Crippen LogP contribution in [0.5, 0.6) is 0 Å². The highest BCUT2D eigenvalue weighted by Crippen LogP contribution is 2.27. The molecule has 134 valence electrons. The highest BCUT2D eigenvalue weighted by atomic mass is 15.3. The Morgan fingerprint density at radius 2 is 1.56 bits per heavy atom. The fourth-order valence-corrected chi connectivity index (χ4v) is 3.16. The molecule has 1 aliphatic rings. The lowest BCUT2D eigenvalue weighted by molar-refractivity contribution is 0.537. The first-order chi connectivity index (χ1) is 11.9. The minimum Gasteiger partial charge on any atom is -0.353 e. The summed E-state index contributed by atoms with van der Waals surface area (Å²) < 4.78 is 0. The zero-order chi connectivity index (χ0) is 18.0. The second-order valence-electron chi connectivity index (χ2n) is 7.56. The number of piperazine rings is 1. The minimum absolute atomic E-state index is 0.0501. The summed E-state index contributed by atoms with van der Waals surface area (Å²) in [6.07, 6.45) is 4.55. The molecule has 1 saturated heterocycles. The van der Waals surface area contributed by atoms with Crippen molar-refractivity contribution in [2.45, 2.75) is 46.5 Å². The molecule has 1 aliphatic heterocycles. The normalized spacial score (nSPS) is 15.6. The van der Waals surface area contributed by atoms with Crippen molar-refractivity contribution in [3.63, 3.8) is 0 Å². The molecule has 0 aromatic carbocycles. The Bertz CT molecular complexity index is 715. The first-order valence-electron chi connectivity index (χ1n) is 9.05. The van der Waals surface area contributed by atoms with Crippen LogP contribution in [0.4, 0.5) is 11.8 Å². The summed E-state index contributed by atoms with van der Waals surface area (Å²) >= 11 is 0. The molecule has 2 aromatic heterocycles. The Balaban J connectivity index is 1.84. The lowest BCUT2D eigenvalue weighted by Gasteiger charge is -2.36. The molecular weight excluding hydrogens is 312 g/mol. The molecule has 3 rings (SSSR count). The van der Waals surface area contributed by atoms with E-state index in [1.54, 1.807) is 12.4 Å². The van der Waals surface area contributed by atoms with Crippen LogP contribution in [0.25, 0.3) is 0 Å². The lowest BCUT2D eigenvalue weighted by Crippen LogP contribution is -2.48. The van der Waals surface area contributed by atoms with Crippen LogP contribution in [0.1, 0.15) is 44.8 Å². The van der Waals surface area contributed by atoms with Crippen LogP contribution < -0.4 is 9.80 Å². The summed E-state index contributed by atoms with van der Waals surface area (Å²) in [5.41, 5.74) is 2.31. The van der Waals surface area contributed by atoms with Gasteiger partial charge in [-0.2, -0.15) is 0 Å². The third-order valence-electron chi connectivity index (χ3n) is 4.63. The van der Waals surface area contributed by atoms with E-state index < -0.39 is 0 Å². The predicted octanol–water partition coefficient (Wildman–Crippen LogP) is 2.76. The standard InChI is InChI=1S/C19H28N6/c1-6-15-14(2)22-17(19(3,4)5)23-16(15)24-10-12-25(13-11-24)18-20-8-7-9-21-18/h7-9H,6,10-13H2,1-5H3. The summed E-state index contributed by atoms with van der Waals surface area (Å²) in [5.74, 6) is 2.84. The molecule has 0 aliphatic carbocycles. The maximum atomic E-state index is 4.96. The minimum atomic E-state index is -0.0501. The van der Waals surface area contributed by atoms with Crippen LogP contribution in [0.2, 0.25) is 0 Å². The number of aryl methyl sites for hydroxylation is 1. The van der Waals surface area contributed by atoms with Gasteiger partial charge >= 0.3 is 0 Å². The van der Waals surface area contributed by atoms with E-state index in [0.29, 0.717) is 0 Å². The number of rotatable bonds is 3. The van der Waals surface area contributed by atoms with Crippen molar-refractivity contribution in [3.05, 3.63) is 35.5 Å². The summed E-state index contributed by atoms with van der Waals surface area (Å²) in [7, 11) is 0. The number of hydrogen-bond donors (Lipinski definition) is 0. The van der Waals surface area contributed by atoms with E-state index in [1.165, 1.54) is 5.56 Å². The van der Waals surface area contributed by atoms with Crippen molar-refractivity contribution < 1.29 is 0 Å². The average molecular weight is 340 g/mol. The van der Waals surface area contributed by atoms with Crippen LogP contribution in [0.15, 0.2) is 18.5 Å². The van der Waals surface area contributed by atoms with Gasteiger partial charge in [0.15, 0.2) is 0 Å². The molecule has 0 unspecified atom stereocenters. The highest BCUT2D eigenvalue weighted by molar-refractivity contribution is 5.51. The van der Waals surface area contributed by atoms with Crippen LogP contribution in [0.3, 0.4) is 0 Å². The first-order valence-corrected chi connectivity index (χ1v) is 9.05. The van der Waals surface area contributed by atoms with E-state index in [9.17, 15) is 0 Å². The van der Waals surface area contributed by atoms with Crippen molar-refractivity contribution >= 4 is 11.8 Å². The summed E-state index contributed by atoms with van der Waals surface area (Å²) in [4.78, 5) is 23.1. The van der Waals surface area contributed by atoms with Crippen LogP contribution in [0, 0.1) is 6.92 Å². The predicted molar refractivity (Wildman–Crippen MR) is 101 cm³/mol. The molecule has 0 spiro atoms. The van der Waals surface area contributed by atoms with Gasteiger partial charge in [0.1, 0.15) is 11.6 Å². The quantitative estimate of drug-likeness (QED) is 0.856. The van der Waals surface area contributed by atoms with E-state index in [-0.39, 0.29) is 5.41 Å². The maximum absolute atomic E-state index is 4.96. The Morgan fingerprint density at radius 1 is 0.960 bits per heavy atom. The number of nitrogens with zero attached hydrogens (tertiary/aromatic N) is 6. The van der Waals surface area contributed by atoms with Crippen molar-refractivity contribution in [2.24, 2.45) is 0 Å². The third-order valence-corrected chi connectivity index (χ3v) is 4.63. The molecule has 6 heteroatoms. The van der Waals surface area contributed by atoms with Gasteiger partial charge in [0.25, 0.3) is 0 Å². The van der Waals surface area contributed by atoms with Gasteiger partial charge in [0.2, 0.25) is 5.95 Å². The van der Waals surface area contributed by atoms with Gasteiger partial charge in [0.05, 0.1) is 0 Å². The van der Waals surface area contributed by atoms with Crippen molar-refractivity contribution in [1.29, 1.82) is 0 Å². The largest absolute Gasteiger partial charge is 0.353 e. The molecule has 3 heterocycles. The van der Waals surface area contributed by atoms with Crippen molar-refractivity contribution in [2.75, 3.05) is 36.0 Å². The zero-order valence-corrected chi connectivity index (χ0v) is 16.0. The average Bonchev–Trinajstić information content (AvgIpc) is 2.61. The molecular formula is C19H28N6. The Morgan fingerprint density at radius 3 is 2.12 bits per heavy atom. The SMILES string of the molecule is CCc1c(C)nc(C(C)(C)C)nc1N1CCN(c2ncccn2)CC1. The van der Waals surface area contributed by atoms with Gasteiger partial charge in [-0.25, -0.2) is 19.9 Å². The van der Waals surface area contributed by atoms with Crippen LogP contribution in [-0.2, 0) is 11.8 Å². The van der Waals surface area contributed by atoms with E-state index in [0.717, 1.165) is 55.9 Å². The molecule has 0 bridgehead atoms. The Hall–Kier alpha value is -2.24. The maximum Gasteiger partial charge on any atom is 0.225 e. The fourth-order valence-electron chi connectivity index (χ4n) is 3.16. The number of anilines is 2.